The van der Waals surface area contributed by atoms with Crippen LogP contribution in [0.2, 0.25) is 0 Å². The number of ether oxygens (including phenoxy) is 4. The van der Waals surface area contributed by atoms with Crippen molar-refractivity contribution in [2.45, 2.75) is 69.5 Å². The molecule has 1 aromatic heterocycles. The van der Waals surface area contributed by atoms with E-state index in [1.807, 2.05) is 44.9 Å². The molecule has 0 amide bonds. The van der Waals surface area contributed by atoms with E-state index in [1.54, 1.807) is 43.2 Å². The summed E-state index contributed by atoms with van der Waals surface area (Å²) in [5.41, 5.74) is 1.01. The quantitative estimate of drug-likeness (QED) is 0.0867. The average molecular weight is 701 g/mol. The second-order valence-electron chi connectivity index (χ2n) is 13.2. The summed E-state index contributed by atoms with van der Waals surface area (Å²) in [6, 6.07) is 13.9. The molecule has 0 radical (unpaired) electrons. The number of thioether (sulfide) groups is 1. The third kappa shape index (κ3) is 10.6. The number of aromatic nitrogens is 2. The van der Waals surface area contributed by atoms with E-state index in [0.29, 0.717) is 54.3 Å². The summed E-state index contributed by atoms with van der Waals surface area (Å²) in [5, 5.41) is 3.96. The summed E-state index contributed by atoms with van der Waals surface area (Å²) in [5.74, 6) is 0.0692. The summed E-state index contributed by atoms with van der Waals surface area (Å²) >= 11 is 1.16. The zero-order valence-corrected chi connectivity index (χ0v) is 30.3. The van der Waals surface area contributed by atoms with Crippen molar-refractivity contribution in [1.29, 1.82) is 0 Å². The summed E-state index contributed by atoms with van der Waals surface area (Å²) in [6.45, 7) is 12.0. The van der Waals surface area contributed by atoms with Gasteiger partial charge in [-0.15, -0.1) is 0 Å². The SMILES string of the molecule is COc1ccc(N(C)c2cnc(SCc3c(F)cc(OCCCNC(C)(C)CCOC(C)(C)C)cc3F)n2-c2ccc(F)cc2)cc1OC. The van der Waals surface area contributed by atoms with E-state index >= 15 is 8.78 Å². The Kier molecular flexibility index (Phi) is 12.9. The first-order chi connectivity index (χ1) is 23.2. The Morgan fingerprint density at radius 3 is 2.18 bits per heavy atom. The Balaban J connectivity index is 1.43. The lowest BCUT2D eigenvalue weighted by Crippen LogP contribution is -2.41. The summed E-state index contributed by atoms with van der Waals surface area (Å²) in [7, 11) is 4.97. The van der Waals surface area contributed by atoms with Crippen molar-refractivity contribution in [2.75, 3.05) is 45.9 Å². The minimum Gasteiger partial charge on any atom is -0.493 e. The van der Waals surface area contributed by atoms with Crippen LogP contribution in [-0.2, 0) is 10.5 Å². The van der Waals surface area contributed by atoms with Gasteiger partial charge < -0.3 is 29.2 Å². The average Bonchev–Trinajstić information content (AvgIpc) is 3.46. The van der Waals surface area contributed by atoms with Gasteiger partial charge in [0, 0.05) is 60.1 Å². The van der Waals surface area contributed by atoms with Crippen LogP contribution in [0.25, 0.3) is 5.69 Å². The molecule has 0 fully saturated rings. The molecule has 4 rings (SSSR count). The number of anilines is 2. The van der Waals surface area contributed by atoms with Gasteiger partial charge in [-0.25, -0.2) is 18.2 Å². The fraction of sp³-hybridized carbons (Fsp3) is 0.432. The molecule has 1 N–H and O–H groups in total. The van der Waals surface area contributed by atoms with Gasteiger partial charge in [-0.05, 0) is 90.4 Å². The highest BCUT2D eigenvalue weighted by molar-refractivity contribution is 7.98. The lowest BCUT2D eigenvalue weighted by atomic mass is 10.0. The Morgan fingerprint density at radius 1 is 0.878 bits per heavy atom. The van der Waals surface area contributed by atoms with E-state index in [4.69, 9.17) is 18.9 Å². The van der Waals surface area contributed by atoms with E-state index in [1.165, 1.54) is 24.3 Å². The summed E-state index contributed by atoms with van der Waals surface area (Å²) in [4.78, 5) is 6.47. The van der Waals surface area contributed by atoms with Crippen LogP contribution in [0, 0.1) is 17.5 Å². The molecule has 0 unspecified atom stereocenters. The lowest BCUT2D eigenvalue weighted by Gasteiger charge is -2.28. The minimum atomic E-state index is -0.705. The third-order valence-corrected chi connectivity index (χ3v) is 8.79. The number of hydrogen-bond acceptors (Lipinski definition) is 8. The number of hydrogen-bond donors (Lipinski definition) is 1. The van der Waals surface area contributed by atoms with Crippen LogP contribution in [0.15, 0.2) is 66.0 Å². The molecule has 49 heavy (non-hydrogen) atoms. The molecule has 4 aromatic rings. The van der Waals surface area contributed by atoms with Crippen LogP contribution in [0.4, 0.5) is 24.7 Å². The standard InChI is InChI=1S/C37H47F3N4O4S/c1-36(2,3)48-19-16-37(4,5)42-17-9-18-47-28-21-30(39)29(31(40)22-28)24-49-35-41-23-34(44(35)26-12-10-25(38)11-13-26)43(6)27-14-15-32(45-7)33(20-27)46-8/h10-15,20-23,42H,9,16-19,24H2,1-8H3. The van der Waals surface area contributed by atoms with Crippen LogP contribution < -0.4 is 24.4 Å². The maximum absolute atomic E-state index is 15.2. The molecule has 0 aliphatic carbocycles. The van der Waals surface area contributed by atoms with Gasteiger partial charge in [-0.1, -0.05) is 11.8 Å². The summed E-state index contributed by atoms with van der Waals surface area (Å²) in [6.07, 6.45) is 3.17. The smallest absolute Gasteiger partial charge is 0.174 e. The molecule has 0 bridgehead atoms. The van der Waals surface area contributed by atoms with Crippen LogP contribution in [0.5, 0.6) is 17.2 Å². The maximum Gasteiger partial charge on any atom is 0.174 e. The molecule has 0 aliphatic rings. The topological polar surface area (TPSA) is 70.0 Å². The van der Waals surface area contributed by atoms with Gasteiger partial charge in [0.05, 0.1) is 32.6 Å². The van der Waals surface area contributed by atoms with Crippen molar-refractivity contribution >= 4 is 23.3 Å². The molecule has 266 valence electrons. The Bertz CT molecular complexity index is 1650. The normalized spacial score (nSPS) is 11.9. The number of nitrogens with zero attached hydrogens (tertiary/aromatic N) is 3. The highest BCUT2D eigenvalue weighted by Gasteiger charge is 2.21. The van der Waals surface area contributed by atoms with Crippen molar-refractivity contribution in [3.63, 3.8) is 0 Å². The largest absolute Gasteiger partial charge is 0.493 e. The number of benzene rings is 3. The first-order valence-corrected chi connectivity index (χ1v) is 17.1. The van der Waals surface area contributed by atoms with Crippen molar-refractivity contribution in [2.24, 2.45) is 0 Å². The second-order valence-corrected chi connectivity index (χ2v) is 14.1. The van der Waals surface area contributed by atoms with Crippen LogP contribution >= 0.6 is 11.8 Å². The summed E-state index contributed by atoms with van der Waals surface area (Å²) < 4.78 is 68.5. The highest BCUT2D eigenvalue weighted by atomic mass is 32.2. The van der Waals surface area contributed by atoms with Gasteiger partial charge in [0.15, 0.2) is 16.7 Å². The fourth-order valence-electron chi connectivity index (χ4n) is 4.99. The van der Waals surface area contributed by atoms with Gasteiger partial charge in [0.2, 0.25) is 0 Å². The molecular weight excluding hydrogens is 653 g/mol. The van der Waals surface area contributed by atoms with E-state index < -0.39 is 11.6 Å². The van der Waals surface area contributed by atoms with Crippen LogP contribution in [0.3, 0.4) is 0 Å². The van der Waals surface area contributed by atoms with E-state index in [-0.39, 0.29) is 34.0 Å². The van der Waals surface area contributed by atoms with Crippen molar-refractivity contribution in [1.82, 2.24) is 14.9 Å². The van der Waals surface area contributed by atoms with Crippen LogP contribution in [-0.4, -0.2) is 61.7 Å². The first-order valence-electron chi connectivity index (χ1n) is 16.1. The fourth-order valence-corrected chi connectivity index (χ4v) is 6.00. The molecule has 0 aliphatic heterocycles. The molecule has 8 nitrogen and oxygen atoms in total. The number of halogens is 3. The third-order valence-electron chi connectivity index (χ3n) is 7.81. The molecule has 12 heteroatoms. The van der Waals surface area contributed by atoms with Crippen molar-refractivity contribution < 1.29 is 32.1 Å². The number of rotatable bonds is 17. The van der Waals surface area contributed by atoms with Crippen molar-refractivity contribution in [3.05, 3.63) is 83.8 Å². The first kappa shape index (κ1) is 37.9. The van der Waals surface area contributed by atoms with Gasteiger partial charge in [0.25, 0.3) is 0 Å². The van der Waals surface area contributed by atoms with E-state index in [0.717, 1.165) is 23.9 Å². The zero-order valence-electron chi connectivity index (χ0n) is 29.5. The second kappa shape index (κ2) is 16.7. The molecule has 0 saturated heterocycles. The van der Waals surface area contributed by atoms with Crippen molar-refractivity contribution in [3.8, 4) is 22.9 Å². The predicted octanol–water partition coefficient (Wildman–Crippen LogP) is 8.71. The molecular formula is C37H47F3N4O4S. The van der Waals surface area contributed by atoms with E-state index in [9.17, 15) is 4.39 Å². The van der Waals surface area contributed by atoms with Crippen LogP contribution in [0.1, 0.15) is 53.0 Å². The Morgan fingerprint density at radius 2 is 1.55 bits per heavy atom. The molecule has 1 heterocycles. The zero-order chi connectivity index (χ0) is 35.8. The highest BCUT2D eigenvalue weighted by Crippen LogP contribution is 2.37. The molecule has 0 spiro atoms. The van der Waals surface area contributed by atoms with Gasteiger partial charge in [-0.3, -0.25) is 4.57 Å². The van der Waals surface area contributed by atoms with Gasteiger partial charge >= 0.3 is 0 Å². The molecule has 0 atom stereocenters. The number of nitrogens with one attached hydrogen (secondary N) is 1. The molecule has 3 aromatic carbocycles. The lowest BCUT2D eigenvalue weighted by molar-refractivity contribution is -0.0115. The molecule has 0 saturated carbocycles. The minimum absolute atomic E-state index is 0.0341. The van der Waals surface area contributed by atoms with Gasteiger partial charge in [0.1, 0.15) is 29.0 Å². The Hall–Kier alpha value is -3.87. The number of imidazole rings is 1. The monoisotopic (exact) mass is 700 g/mol. The Labute approximate surface area is 291 Å². The predicted molar refractivity (Wildman–Crippen MR) is 190 cm³/mol. The van der Waals surface area contributed by atoms with Gasteiger partial charge in [-0.2, -0.15) is 0 Å². The number of methoxy groups -OCH3 is 2. The maximum atomic E-state index is 15.2. The van der Waals surface area contributed by atoms with E-state index in [2.05, 4.69) is 24.1 Å².